The van der Waals surface area contributed by atoms with Crippen molar-refractivity contribution in [2.75, 3.05) is 0 Å². The molecule has 2 bridgehead atoms. The maximum atomic E-state index is 10.5. The van der Waals surface area contributed by atoms with Gasteiger partial charge in [0.25, 0.3) is 0 Å². The van der Waals surface area contributed by atoms with Crippen LogP contribution in [0.5, 0.6) is 0 Å². The van der Waals surface area contributed by atoms with Crippen LogP contribution in [0.3, 0.4) is 0 Å². The molecular weight excluding hydrogens is 302 g/mol. The monoisotopic (exact) mass is 313 g/mol. The van der Waals surface area contributed by atoms with Crippen molar-refractivity contribution in [2.45, 2.75) is 37.6 Å². The minimum Gasteiger partial charge on any atom is -0.386 e. The number of hydrogen-bond acceptors (Lipinski definition) is 4. The second kappa shape index (κ2) is 4.06. The first kappa shape index (κ1) is 11.7. The van der Waals surface area contributed by atoms with E-state index in [0.717, 1.165) is 22.2 Å². The second-order valence-electron chi connectivity index (χ2n) is 4.72. The Balaban J connectivity index is 1.97. The normalized spacial score (nSPS) is 37.0. The number of nitrogens with zero attached hydrogens (tertiary/aromatic N) is 1. The van der Waals surface area contributed by atoms with Crippen LogP contribution in [0.25, 0.3) is 0 Å². The lowest BCUT2D eigenvalue weighted by Gasteiger charge is -2.32. The van der Waals surface area contributed by atoms with Crippen LogP contribution in [0.4, 0.5) is 0 Å². The third kappa shape index (κ3) is 1.59. The molecule has 0 spiro atoms. The zero-order valence-electron chi connectivity index (χ0n) is 9.10. The topological polar surface area (TPSA) is 53.2 Å². The van der Waals surface area contributed by atoms with Gasteiger partial charge in [0, 0.05) is 9.35 Å². The molecule has 2 saturated heterocycles. The number of ether oxygens (including phenoxy) is 1. The van der Waals surface area contributed by atoms with Crippen molar-refractivity contribution in [1.82, 2.24) is 0 Å². The van der Waals surface area contributed by atoms with Gasteiger partial charge < -0.3 is 9.84 Å². The van der Waals surface area contributed by atoms with Crippen LogP contribution in [0, 0.1) is 16.7 Å². The van der Waals surface area contributed by atoms with E-state index in [1.54, 1.807) is 0 Å². The predicted octanol–water partition coefficient (Wildman–Crippen LogP) is 3.01. The summed E-state index contributed by atoms with van der Waals surface area (Å²) in [4.78, 5) is 0.836. The molecule has 0 radical (unpaired) electrons. The molecule has 3 nitrogen and oxygen atoms in total. The highest BCUT2D eigenvalue weighted by Crippen LogP contribution is 2.55. The Morgan fingerprint density at radius 3 is 2.94 bits per heavy atom. The number of hydrogen-bond donors (Lipinski definition) is 1. The Morgan fingerprint density at radius 1 is 1.65 bits per heavy atom. The van der Waals surface area contributed by atoms with Gasteiger partial charge in [-0.15, -0.1) is 11.3 Å². The second-order valence-corrected chi connectivity index (χ2v) is 6.52. The van der Waals surface area contributed by atoms with Crippen molar-refractivity contribution >= 4 is 27.3 Å². The van der Waals surface area contributed by atoms with Gasteiger partial charge in [0.15, 0.2) is 0 Å². The lowest BCUT2D eigenvalue weighted by Crippen LogP contribution is -2.37. The molecule has 17 heavy (non-hydrogen) atoms. The maximum Gasteiger partial charge on any atom is 0.117 e. The first-order chi connectivity index (χ1) is 8.17. The molecule has 1 N–H and O–H groups in total. The van der Waals surface area contributed by atoms with Crippen molar-refractivity contribution in [2.24, 2.45) is 5.41 Å². The fourth-order valence-electron chi connectivity index (χ4n) is 2.94. The van der Waals surface area contributed by atoms with Crippen molar-refractivity contribution in [1.29, 1.82) is 5.26 Å². The molecule has 1 aromatic heterocycles. The van der Waals surface area contributed by atoms with E-state index < -0.39 is 11.5 Å². The average molecular weight is 314 g/mol. The molecular formula is C12H12BrNO2S. The summed E-state index contributed by atoms with van der Waals surface area (Å²) in [6.45, 7) is 0. The van der Waals surface area contributed by atoms with Crippen molar-refractivity contribution in [3.8, 4) is 6.07 Å². The maximum absolute atomic E-state index is 10.5. The first-order valence-corrected chi connectivity index (χ1v) is 7.32. The summed E-state index contributed by atoms with van der Waals surface area (Å²) in [7, 11) is 0. The molecule has 0 saturated carbocycles. The summed E-state index contributed by atoms with van der Waals surface area (Å²) in [6, 6.07) is 4.24. The third-order valence-electron chi connectivity index (χ3n) is 3.84. The number of halogens is 1. The van der Waals surface area contributed by atoms with E-state index in [2.05, 4.69) is 22.0 Å². The average Bonchev–Trinajstić information content (AvgIpc) is 3.02. The van der Waals surface area contributed by atoms with Crippen LogP contribution in [0.1, 0.15) is 30.2 Å². The van der Waals surface area contributed by atoms with E-state index in [-0.39, 0.29) is 12.2 Å². The van der Waals surface area contributed by atoms with Gasteiger partial charge in [0.1, 0.15) is 11.5 Å². The smallest absolute Gasteiger partial charge is 0.117 e. The lowest BCUT2D eigenvalue weighted by atomic mass is 9.71. The van der Waals surface area contributed by atoms with E-state index in [1.807, 2.05) is 11.4 Å². The highest BCUT2D eigenvalue weighted by Gasteiger charge is 2.57. The number of rotatable bonds is 2. The van der Waals surface area contributed by atoms with Crippen LogP contribution in [0.2, 0.25) is 0 Å². The largest absolute Gasteiger partial charge is 0.386 e. The fraction of sp³-hybridized carbons (Fsp3) is 0.583. The summed E-state index contributed by atoms with van der Waals surface area (Å²) in [5.41, 5.74) is -0.754. The molecule has 4 unspecified atom stereocenters. The van der Waals surface area contributed by atoms with Crippen molar-refractivity contribution < 1.29 is 9.84 Å². The van der Waals surface area contributed by atoms with Gasteiger partial charge in [-0.25, -0.2) is 0 Å². The highest BCUT2D eigenvalue weighted by atomic mass is 79.9. The van der Waals surface area contributed by atoms with Crippen LogP contribution < -0.4 is 0 Å². The number of aliphatic hydroxyl groups is 1. The van der Waals surface area contributed by atoms with E-state index in [0.29, 0.717) is 6.42 Å². The summed E-state index contributed by atoms with van der Waals surface area (Å²) in [6.07, 6.45) is 1.86. The molecule has 1 aromatic rings. The van der Waals surface area contributed by atoms with Crippen molar-refractivity contribution in [3.63, 3.8) is 0 Å². The number of fused-ring (bicyclic) bond motifs is 2. The Labute approximate surface area is 112 Å². The molecule has 2 fully saturated rings. The Bertz CT molecular complexity index is 483. The van der Waals surface area contributed by atoms with E-state index >= 15 is 0 Å². The first-order valence-electron chi connectivity index (χ1n) is 5.65. The number of nitriles is 1. The number of aliphatic hydroxyl groups excluding tert-OH is 1. The van der Waals surface area contributed by atoms with Gasteiger partial charge >= 0.3 is 0 Å². The molecule has 90 valence electrons. The van der Waals surface area contributed by atoms with Gasteiger partial charge in [0.2, 0.25) is 0 Å². The third-order valence-corrected chi connectivity index (χ3v) is 5.76. The molecule has 2 aliphatic rings. The SMILES string of the molecule is N#CC1(C(O)c2sccc2Br)CC2CCC1O2. The molecule has 0 amide bonds. The summed E-state index contributed by atoms with van der Waals surface area (Å²) >= 11 is 4.90. The van der Waals surface area contributed by atoms with Crippen molar-refractivity contribution in [3.05, 3.63) is 20.8 Å². The minimum atomic E-state index is -0.754. The van der Waals surface area contributed by atoms with Crippen LogP contribution >= 0.6 is 27.3 Å². The quantitative estimate of drug-likeness (QED) is 0.913. The molecule has 4 atom stereocenters. The van der Waals surface area contributed by atoms with Crippen LogP contribution in [-0.4, -0.2) is 17.3 Å². The van der Waals surface area contributed by atoms with E-state index in [4.69, 9.17) is 4.74 Å². The standard InChI is InChI=1S/C12H12BrNO2S/c13-8-3-4-17-10(8)11(15)12(6-14)5-7-1-2-9(12)16-7/h3-4,7,9,11,15H,1-2,5H2. The van der Waals surface area contributed by atoms with Gasteiger partial charge in [0.05, 0.1) is 18.3 Å². The molecule has 0 aromatic carbocycles. The van der Waals surface area contributed by atoms with Gasteiger partial charge in [-0.1, -0.05) is 0 Å². The summed E-state index contributed by atoms with van der Waals surface area (Å²) in [5, 5.41) is 22.0. The molecule has 3 rings (SSSR count). The number of thiophene rings is 1. The molecule has 5 heteroatoms. The highest BCUT2D eigenvalue weighted by molar-refractivity contribution is 9.10. The van der Waals surface area contributed by atoms with Crippen LogP contribution in [0.15, 0.2) is 15.9 Å². The Morgan fingerprint density at radius 2 is 2.47 bits per heavy atom. The lowest BCUT2D eigenvalue weighted by molar-refractivity contribution is 0.00494. The molecule has 3 heterocycles. The molecule has 0 aliphatic carbocycles. The van der Waals surface area contributed by atoms with Gasteiger partial charge in [-0.2, -0.15) is 5.26 Å². The Kier molecular flexibility index (Phi) is 2.79. The van der Waals surface area contributed by atoms with Crippen LogP contribution in [-0.2, 0) is 4.74 Å². The summed E-state index contributed by atoms with van der Waals surface area (Å²) in [5.74, 6) is 0. The zero-order valence-corrected chi connectivity index (χ0v) is 11.5. The Hall–Kier alpha value is -0.410. The predicted molar refractivity (Wildman–Crippen MR) is 67.5 cm³/mol. The van der Waals surface area contributed by atoms with Gasteiger partial charge in [-0.3, -0.25) is 0 Å². The summed E-state index contributed by atoms with van der Waals surface area (Å²) < 4.78 is 6.63. The minimum absolute atomic E-state index is 0.110. The van der Waals surface area contributed by atoms with E-state index in [9.17, 15) is 10.4 Å². The zero-order chi connectivity index (χ0) is 12.0. The fourth-order valence-corrected chi connectivity index (χ4v) is 4.62. The molecule has 2 aliphatic heterocycles. The van der Waals surface area contributed by atoms with Gasteiger partial charge in [-0.05, 0) is 46.6 Å². The van der Waals surface area contributed by atoms with E-state index in [1.165, 1.54) is 11.3 Å².